The van der Waals surface area contributed by atoms with Gasteiger partial charge >= 0.3 is 0 Å². The third-order valence-electron chi connectivity index (χ3n) is 6.50. The van der Waals surface area contributed by atoms with E-state index in [0.717, 1.165) is 39.3 Å². The zero-order valence-corrected chi connectivity index (χ0v) is 22.6. The molecule has 0 aliphatic carbocycles. The summed E-state index contributed by atoms with van der Waals surface area (Å²) < 4.78 is 0. The van der Waals surface area contributed by atoms with Gasteiger partial charge in [0.25, 0.3) is 11.8 Å². The van der Waals surface area contributed by atoms with Crippen molar-refractivity contribution in [2.75, 3.05) is 11.4 Å². The third-order valence-corrected chi connectivity index (χ3v) is 7.83. The van der Waals surface area contributed by atoms with Crippen molar-refractivity contribution in [1.29, 1.82) is 0 Å². The van der Waals surface area contributed by atoms with Gasteiger partial charge < -0.3 is 10.2 Å². The molecule has 4 aromatic rings. The monoisotopic (exact) mass is 538 g/mol. The summed E-state index contributed by atoms with van der Waals surface area (Å²) in [5, 5.41) is 3.66. The minimum absolute atomic E-state index is 0.0269. The summed E-state index contributed by atoms with van der Waals surface area (Å²) in [5.41, 5.74) is 5.76. The van der Waals surface area contributed by atoms with Crippen LogP contribution in [0.15, 0.2) is 107 Å². The van der Waals surface area contributed by atoms with Crippen LogP contribution in [0.25, 0.3) is 6.08 Å². The second-order valence-electron chi connectivity index (χ2n) is 9.15. The van der Waals surface area contributed by atoms with Crippen molar-refractivity contribution in [1.82, 2.24) is 5.32 Å². The molecule has 190 valence electrons. The molecule has 4 nitrogen and oxygen atoms in total. The quantitative estimate of drug-likeness (QED) is 0.251. The van der Waals surface area contributed by atoms with Crippen LogP contribution in [0, 0.1) is 6.92 Å². The maximum absolute atomic E-state index is 13.6. The molecule has 5 rings (SSSR count). The lowest BCUT2D eigenvalue weighted by atomic mass is 10.1. The summed E-state index contributed by atoms with van der Waals surface area (Å²) >= 11 is 7.41. The van der Waals surface area contributed by atoms with Gasteiger partial charge in [0.1, 0.15) is 0 Å². The van der Waals surface area contributed by atoms with E-state index in [-0.39, 0.29) is 11.8 Å². The highest BCUT2D eigenvalue weighted by Crippen LogP contribution is 2.42. The molecule has 1 heterocycles. The molecule has 0 unspecified atom stereocenters. The van der Waals surface area contributed by atoms with Crippen LogP contribution in [0.1, 0.15) is 32.6 Å². The Labute approximate surface area is 232 Å². The number of fused-ring (bicyclic) bond motifs is 1. The maximum Gasteiger partial charge on any atom is 0.265 e. The number of rotatable bonds is 7. The van der Waals surface area contributed by atoms with Gasteiger partial charge in [-0.3, -0.25) is 9.59 Å². The van der Waals surface area contributed by atoms with E-state index < -0.39 is 0 Å². The third kappa shape index (κ3) is 6.01. The smallest absolute Gasteiger partial charge is 0.265 e. The number of hydrogen-bond acceptors (Lipinski definition) is 3. The number of para-hydroxylation sites is 1. The van der Waals surface area contributed by atoms with Crippen LogP contribution in [0.5, 0.6) is 0 Å². The number of halogens is 1. The molecule has 0 fully saturated rings. The van der Waals surface area contributed by atoms with Gasteiger partial charge in [0.15, 0.2) is 0 Å². The molecule has 0 saturated carbocycles. The fourth-order valence-electron chi connectivity index (χ4n) is 4.33. The topological polar surface area (TPSA) is 49.4 Å². The van der Waals surface area contributed by atoms with Gasteiger partial charge in [0, 0.05) is 22.0 Å². The Balaban J connectivity index is 1.29. The Morgan fingerprint density at radius 3 is 2.39 bits per heavy atom. The van der Waals surface area contributed by atoms with Gasteiger partial charge in [-0.25, -0.2) is 0 Å². The van der Waals surface area contributed by atoms with Gasteiger partial charge in [-0.2, -0.15) is 0 Å². The largest absolute Gasteiger partial charge is 0.352 e. The molecule has 0 aromatic heterocycles. The molecule has 0 radical (unpaired) electrons. The first-order chi connectivity index (χ1) is 18.5. The zero-order chi connectivity index (χ0) is 26.5. The van der Waals surface area contributed by atoms with E-state index in [9.17, 15) is 9.59 Å². The summed E-state index contributed by atoms with van der Waals surface area (Å²) in [7, 11) is 0. The standard InChI is InChI=1S/C32H27ClN2O2S/c1-22-6-2-3-7-26(22)21-35-28-8-4-5-9-29(28)38-30(32(35)37)20-24-10-14-25(15-11-24)31(36)34-19-18-23-12-16-27(33)17-13-23/h2-17,20H,18-19,21H2,1H3,(H,34,36)/b30-20+. The predicted octanol–water partition coefficient (Wildman–Crippen LogP) is 7.30. The number of hydrogen-bond donors (Lipinski definition) is 1. The summed E-state index contributed by atoms with van der Waals surface area (Å²) in [6, 6.07) is 31.1. The van der Waals surface area contributed by atoms with Crippen LogP contribution >= 0.6 is 23.4 Å². The number of carbonyl (C=O) groups excluding carboxylic acids is 2. The van der Waals surface area contributed by atoms with Crippen molar-refractivity contribution < 1.29 is 9.59 Å². The molecule has 1 aliphatic rings. The van der Waals surface area contributed by atoms with Crippen LogP contribution in [0.3, 0.4) is 0 Å². The number of aryl methyl sites for hydroxylation is 1. The Morgan fingerprint density at radius 2 is 1.63 bits per heavy atom. The average molecular weight is 539 g/mol. The van der Waals surface area contributed by atoms with Crippen LogP contribution in [0.4, 0.5) is 5.69 Å². The molecule has 2 amide bonds. The number of nitrogens with one attached hydrogen (secondary N) is 1. The molecule has 6 heteroatoms. The van der Waals surface area contributed by atoms with E-state index in [4.69, 9.17) is 11.6 Å². The summed E-state index contributed by atoms with van der Waals surface area (Å²) in [6.07, 6.45) is 2.63. The fraction of sp³-hybridized carbons (Fsp3) is 0.125. The minimum atomic E-state index is -0.125. The van der Waals surface area contributed by atoms with Crippen LogP contribution in [-0.2, 0) is 17.8 Å². The normalized spacial score (nSPS) is 13.9. The number of carbonyl (C=O) groups is 2. The Kier molecular flexibility index (Phi) is 7.97. The lowest BCUT2D eigenvalue weighted by Gasteiger charge is -2.31. The van der Waals surface area contributed by atoms with Gasteiger partial charge in [-0.15, -0.1) is 0 Å². The highest BCUT2D eigenvalue weighted by atomic mass is 35.5. The number of nitrogens with zero attached hydrogens (tertiary/aromatic N) is 1. The molecule has 0 saturated heterocycles. The fourth-order valence-corrected chi connectivity index (χ4v) is 5.52. The summed E-state index contributed by atoms with van der Waals surface area (Å²) in [5.74, 6) is -0.152. The second kappa shape index (κ2) is 11.7. The number of anilines is 1. The lowest BCUT2D eigenvalue weighted by Crippen LogP contribution is -2.33. The van der Waals surface area contributed by atoms with Crippen molar-refractivity contribution >= 4 is 46.9 Å². The van der Waals surface area contributed by atoms with Crippen molar-refractivity contribution in [3.8, 4) is 0 Å². The maximum atomic E-state index is 13.6. The molecular formula is C32H27ClN2O2S. The second-order valence-corrected chi connectivity index (χ2v) is 10.7. The number of benzene rings is 4. The van der Waals surface area contributed by atoms with E-state index in [1.807, 2.05) is 83.8 Å². The van der Waals surface area contributed by atoms with Crippen LogP contribution in [0.2, 0.25) is 5.02 Å². The lowest BCUT2D eigenvalue weighted by molar-refractivity contribution is -0.114. The summed E-state index contributed by atoms with van der Waals surface area (Å²) in [4.78, 5) is 29.8. The molecular weight excluding hydrogens is 512 g/mol. The van der Waals surface area contributed by atoms with E-state index in [0.29, 0.717) is 28.6 Å². The van der Waals surface area contributed by atoms with E-state index >= 15 is 0 Å². The van der Waals surface area contributed by atoms with Crippen molar-refractivity contribution in [3.05, 3.63) is 135 Å². The van der Waals surface area contributed by atoms with Crippen LogP contribution in [-0.4, -0.2) is 18.4 Å². The van der Waals surface area contributed by atoms with Crippen molar-refractivity contribution in [2.24, 2.45) is 0 Å². The molecule has 38 heavy (non-hydrogen) atoms. The SMILES string of the molecule is Cc1ccccc1CN1C(=O)/C(=C\c2ccc(C(=O)NCCc3ccc(Cl)cc3)cc2)Sc2ccccc21. The van der Waals surface area contributed by atoms with Gasteiger partial charge in [0.2, 0.25) is 0 Å². The Hall–Kier alpha value is -3.80. The molecule has 1 N–H and O–H groups in total. The van der Waals surface area contributed by atoms with Crippen molar-refractivity contribution in [2.45, 2.75) is 24.8 Å². The molecule has 1 aliphatic heterocycles. The Bertz CT molecular complexity index is 1500. The highest BCUT2D eigenvalue weighted by Gasteiger charge is 2.29. The average Bonchev–Trinajstić information content (AvgIpc) is 2.93. The zero-order valence-electron chi connectivity index (χ0n) is 21.0. The molecule has 4 aromatic carbocycles. The molecule has 0 atom stereocenters. The van der Waals surface area contributed by atoms with Gasteiger partial charge in [-0.05, 0) is 78.1 Å². The first-order valence-electron chi connectivity index (χ1n) is 12.5. The molecule has 0 bridgehead atoms. The number of amides is 2. The van der Waals surface area contributed by atoms with Crippen LogP contribution < -0.4 is 10.2 Å². The first kappa shape index (κ1) is 25.8. The van der Waals surface area contributed by atoms with E-state index in [1.165, 1.54) is 11.8 Å². The van der Waals surface area contributed by atoms with E-state index in [1.54, 1.807) is 12.1 Å². The summed E-state index contributed by atoms with van der Waals surface area (Å²) in [6.45, 7) is 3.11. The highest BCUT2D eigenvalue weighted by molar-refractivity contribution is 8.04. The van der Waals surface area contributed by atoms with Gasteiger partial charge in [0.05, 0.1) is 17.1 Å². The minimum Gasteiger partial charge on any atom is -0.352 e. The molecule has 0 spiro atoms. The van der Waals surface area contributed by atoms with Gasteiger partial charge in [-0.1, -0.05) is 84.0 Å². The first-order valence-corrected chi connectivity index (χ1v) is 13.6. The Morgan fingerprint density at radius 1 is 0.921 bits per heavy atom. The predicted molar refractivity (Wildman–Crippen MR) is 157 cm³/mol. The van der Waals surface area contributed by atoms with Crippen molar-refractivity contribution in [3.63, 3.8) is 0 Å². The number of thioether (sulfide) groups is 1. The van der Waals surface area contributed by atoms with E-state index in [2.05, 4.69) is 24.4 Å².